The number of anilines is 3. The van der Waals surface area contributed by atoms with E-state index in [4.69, 9.17) is 36.1 Å². The third kappa shape index (κ3) is 17.3. The van der Waals surface area contributed by atoms with Gasteiger partial charge in [0.1, 0.15) is 19.3 Å². The summed E-state index contributed by atoms with van der Waals surface area (Å²) in [7, 11) is 0. The first-order chi connectivity index (χ1) is 36.1. The maximum atomic E-state index is 13.3. The Morgan fingerprint density at radius 1 is 0.632 bits per heavy atom. The molecular weight excluding hydrogens is 1530 g/mol. The molecule has 0 aliphatic heterocycles. The molecule has 0 aromatic heterocycles. The number of esters is 4. The number of benzene rings is 2. The molecule has 0 radical (unpaired) electrons. The summed E-state index contributed by atoms with van der Waals surface area (Å²) in [5.74, 6) is 2.72. The summed E-state index contributed by atoms with van der Waals surface area (Å²) in [6.07, 6.45) is 23.2. The van der Waals surface area contributed by atoms with E-state index in [1.807, 2.05) is 6.07 Å². The number of carbonyl (C=O) groups excluding carboxylic acids is 4. The molecule has 6 N–H and O–H groups in total. The molecule has 76 heavy (non-hydrogen) atoms. The van der Waals surface area contributed by atoms with Gasteiger partial charge in [0.05, 0.1) is 29.9 Å². The van der Waals surface area contributed by atoms with Gasteiger partial charge in [-0.1, -0.05) is 91.2 Å². The van der Waals surface area contributed by atoms with Crippen LogP contribution in [0.15, 0.2) is 23.8 Å². The highest BCUT2D eigenvalue weighted by Gasteiger charge is 2.59. The van der Waals surface area contributed by atoms with E-state index in [-0.39, 0.29) is 50.4 Å². The van der Waals surface area contributed by atoms with Crippen molar-refractivity contribution in [3.05, 3.63) is 52.8 Å². The molecule has 2 aromatic rings. The normalized spacial score (nSPS) is 24.7. The minimum absolute atomic E-state index is 0.126. The third-order valence-corrected chi connectivity index (χ3v) is 23.3. The topological polar surface area (TPSA) is 183 Å². The molecule has 3 saturated carbocycles. The summed E-state index contributed by atoms with van der Waals surface area (Å²) in [4.78, 5) is 52.5. The highest BCUT2D eigenvalue weighted by atomic mass is 127. The van der Waals surface area contributed by atoms with E-state index >= 15 is 0 Å². The average Bonchev–Trinajstić information content (AvgIpc) is 3.82. The zero-order valence-electron chi connectivity index (χ0n) is 45.8. The number of allylic oxidation sites excluding steroid dienone is 1. The summed E-state index contributed by atoms with van der Waals surface area (Å²) < 4.78 is 28.5. The molecule has 0 heterocycles. The Morgan fingerprint density at radius 3 is 1.86 bits per heavy atom. The largest absolute Gasteiger partial charge is 0.462 e. The smallest absolute Gasteiger partial charge is 0.306 e. The van der Waals surface area contributed by atoms with Crippen LogP contribution in [0.2, 0.25) is 0 Å². The van der Waals surface area contributed by atoms with Gasteiger partial charge in [0.2, 0.25) is 0 Å². The number of halogens is 5. The molecule has 0 spiro atoms. The van der Waals surface area contributed by atoms with Crippen molar-refractivity contribution in [3.63, 3.8) is 0 Å². The molecule has 2 aromatic carbocycles. The Morgan fingerprint density at radius 2 is 1.22 bits per heavy atom. The molecule has 4 aliphatic rings. The molecule has 16 heteroatoms. The highest BCUT2D eigenvalue weighted by molar-refractivity contribution is 14.1. The number of unbranched alkanes of at least 4 members (excludes halogenated alkanes) is 6. The maximum absolute atomic E-state index is 13.3. The zero-order chi connectivity index (χ0) is 55.3. The van der Waals surface area contributed by atoms with Crippen LogP contribution < -0.4 is 17.2 Å². The number of rotatable bonds is 28. The van der Waals surface area contributed by atoms with Crippen molar-refractivity contribution in [1.82, 2.24) is 0 Å². The quantitative estimate of drug-likeness (QED) is 0.0184. The molecule has 9 atom stereocenters. The molecular formula is C60H86I5N3O8. The molecule has 11 nitrogen and oxygen atoms in total. The van der Waals surface area contributed by atoms with Crippen LogP contribution in [0.4, 0.5) is 17.1 Å². The fourth-order valence-electron chi connectivity index (χ4n) is 13.7. The van der Waals surface area contributed by atoms with Gasteiger partial charge in [-0.3, -0.25) is 19.2 Å². The van der Waals surface area contributed by atoms with Gasteiger partial charge in [0.15, 0.2) is 6.10 Å². The first kappa shape index (κ1) is 64.3. The van der Waals surface area contributed by atoms with E-state index < -0.39 is 30.0 Å². The van der Waals surface area contributed by atoms with Gasteiger partial charge >= 0.3 is 23.9 Å². The van der Waals surface area contributed by atoms with Gasteiger partial charge < -0.3 is 36.1 Å². The Bertz CT molecular complexity index is 2270. The number of hydrogen-bond acceptors (Lipinski definition) is 11. The van der Waals surface area contributed by atoms with E-state index in [9.17, 15) is 19.2 Å². The van der Waals surface area contributed by atoms with Crippen molar-refractivity contribution >= 4 is 154 Å². The third-order valence-electron chi connectivity index (χ3n) is 18.0. The number of fused-ring (bicyclic) bond motifs is 5. The standard InChI is InChI=1S/C60H86I5N3O8/c1-36(2)15-14-16-37(3)44-23-24-45-41-22-21-38-31-39(27-29-59(38,4)46(41)28-30-60(44,45)5)75-53(71)25-26-54(72)76-40(34-73-51(69)19-12-8-6-10-17-42-47(61)32-49(63)57(67)55(42)64)35-74-52(70)20-13-9-7-11-18-43-48(62)33-50(66)58(68)56(43)65/h21,32-33,36-37,39-41,44-46H,6-20,22-31,34-35,66-68H2,1-5H3/t37-,39+,40?,41?,44-,45?,46?,59+,60-/m1/s1. The lowest BCUT2D eigenvalue weighted by atomic mass is 9.47. The Kier molecular flexibility index (Phi) is 25.7. The van der Waals surface area contributed by atoms with Crippen molar-refractivity contribution in [2.24, 2.45) is 46.3 Å². The summed E-state index contributed by atoms with van der Waals surface area (Å²) in [6, 6.07) is 4.03. The van der Waals surface area contributed by atoms with E-state index in [1.54, 1.807) is 0 Å². The molecule has 0 saturated heterocycles. The minimum Gasteiger partial charge on any atom is -0.462 e. The SMILES string of the molecule is CC(C)CCC[C@@H](C)[C@H]1CCC2C3CC=C4C[C@@H](OC(=O)CCC(=O)OC(COC(=O)CCCCCCc5c(I)cc(N)c(N)c5I)COC(=O)CCCCCCc5c(I)cc(I)c(N)c5I)CC[C@]4(C)C3CC[C@@]21C. The molecule has 6 rings (SSSR count). The molecule has 3 fully saturated rings. The lowest BCUT2D eigenvalue weighted by molar-refractivity contribution is -0.168. The van der Waals surface area contributed by atoms with Gasteiger partial charge in [0.25, 0.3) is 0 Å². The van der Waals surface area contributed by atoms with E-state index in [0.29, 0.717) is 35.5 Å². The number of nitrogen functional groups attached to an aromatic ring is 3. The Hall–Kier alpha value is -0.890. The van der Waals surface area contributed by atoms with Crippen molar-refractivity contribution < 1.29 is 38.1 Å². The van der Waals surface area contributed by atoms with E-state index in [2.05, 4.69) is 160 Å². The summed E-state index contributed by atoms with van der Waals surface area (Å²) in [5, 5.41) is 0. The predicted octanol–water partition coefficient (Wildman–Crippen LogP) is 15.9. The lowest BCUT2D eigenvalue weighted by Crippen LogP contribution is -2.51. The van der Waals surface area contributed by atoms with E-state index in [0.717, 1.165) is 127 Å². The number of hydrogen-bond donors (Lipinski definition) is 3. The van der Waals surface area contributed by atoms with Crippen molar-refractivity contribution in [2.45, 2.75) is 207 Å². The second kappa shape index (κ2) is 30.4. The highest BCUT2D eigenvalue weighted by Crippen LogP contribution is 2.67. The molecule has 424 valence electrons. The van der Waals surface area contributed by atoms with Crippen LogP contribution in [0.1, 0.15) is 193 Å². The summed E-state index contributed by atoms with van der Waals surface area (Å²) >= 11 is 11.5. The average molecular weight is 1610 g/mol. The monoisotopic (exact) mass is 1610 g/mol. The van der Waals surface area contributed by atoms with Crippen LogP contribution in [-0.2, 0) is 51.0 Å². The maximum Gasteiger partial charge on any atom is 0.306 e. The Balaban J connectivity index is 0.942. The number of nitrogens with two attached hydrogens (primary N) is 3. The Labute approximate surface area is 523 Å². The van der Waals surface area contributed by atoms with Crippen LogP contribution in [0.3, 0.4) is 0 Å². The van der Waals surface area contributed by atoms with Crippen molar-refractivity contribution in [2.75, 3.05) is 30.4 Å². The van der Waals surface area contributed by atoms with Gasteiger partial charge in [-0.05, 0) is 266 Å². The number of carbonyl (C=O) groups is 4. The van der Waals surface area contributed by atoms with Crippen molar-refractivity contribution in [3.8, 4) is 0 Å². The van der Waals surface area contributed by atoms with Crippen LogP contribution >= 0.6 is 113 Å². The van der Waals surface area contributed by atoms with Gasteiger partial charge in [0, 0.05) is 37.1 Å². The predicted molar refractivity (Wildman–Crippen MR) is 347 cm³/mol. The molecule has 4 aliphatic carbocycles. The van der Waals surface area contributed by atoms with Crippen LogP contribution in [-0.4, -0.2) is 49.3 Å². The summed E-state index contributed by atoms with van der Waals surface area (Å²) in [6.45, 7) is 11.9. The fourth-order valence-corrected chi connectivity index (χ4v) is 19.9. The van der Waals surface area contributed by atoms with Crippen LogP contribution in [0.5, 0.6) is 0 Å². The van der Waals surface area contributed by atoms with Crippen LogP contribution in [0.25, 0.3) is 0 Å². The molecule has 0 bridgehead atoms. The molecule has 4 unspecified atom stereocenters. The fraction of sp³-hybridized carbons (Fsp3) is 0.700. The first-order valence-corrected chi connectivity index (χ1v) is 33.9. The zero-order valence-corrected chi connectivity index (χ0v) is 56.6. The second-order valence-corrected chi connectivity index (χ2v) is 29.3. The van der Waals surface area contributed by atoms with Crippen molar-refractivity contribution in [1.29, 1.82) is 0 Å². The molecule has 0 amide bonds. The van der Waals surface area contributed by atoms with Gasteiger partial charge in [-0.15, -0.1) is 0 Å². The number of ether oxygens (including phenoxy) is 4. The van der Waals surface area contributed by atoms with Gasteiger partial charge in [-0.25, -0.2) is 0 Å². The first-order valence-electron chi connectivity index (χ1n) is 28.5. The van der Waals surface area contributed by atoms with Gasteiger partial charge in [-0.2, -0.15) is 0 Å². The summed E-state index contributed by atoms with van der Waals surface area (Å²) in [5.41, 5.74) is 25.0. The van der Waals surface area contributed by atoms with E-state index in [1.165, 1.54) is 65.2 Å². The minimum atomic E-state index is -1.01. The lowest BCUT2D eigenvalue weighted by Gasteiger charge is -2.58. The van der Waals surface area contributed by atoms with Crippen LogP contribution in [0, 0.1) is 64.2 Å². The second-order valence-electron chi connectivity index (χ2n) is 23.7.